The van der Waals surface area contributed by atoms with E-state index in [1.165, 1.54) is 12.1 Å². The molecule has 0 bridgehead atoms. The molecule has 100 valence electrons. The van der Waals surface area contributed by atoms with E-state index in [4.69, 9.17) is 4.74 Å². The number of rotatable bonds is 2. The fourth-order valence-corrected chi connectivity index (χ4v) is 2.61. The molecule has 1 aliphatic heterocycles. The molecule has 1 aromatic carbocycles. The molecule has 0 aliphatic carbocycles. The first kappa shape index (κ1) is 12.2. The van der Waals surface area contributed by atoms with Crippen LogP contribution in [-0.4, -0.2) is 23.6 Å². The van der Waals surface area contributed by atoms with Crippen LogP contribution in [0, 0.1) is 12.7 Å². The smallest absolute Gasteiger partial charge is 0.124 e. The zero-order chi connectivity index (χ0) is 13.4. The van der Waals surface area contributed by atoms with E-state index >= 15 is 0 Å². The topological polar surface area (TPSA) is 49.9 Å². The van der Waals surface area contributed by atoms with Gasteiger partial charge in [-0.25, -0.2) is 9.37 Å². The van der Waals surface area contributed by atoms with E-state index in [0.29, 0.717) is 5.75 Å². The quantitative estimate of drug-likeness (QED) is 0.870. The summed E-state index contributed by atoms with van der Waals surface area (Å²) in [5, 5.41) is 3.38. The predicted molar refractivity (Wildman–Crippen MR) is 69.8 cm³/mol. The monoisotopic (exact) mass is 261 g/mol. The van der Waals surface area contributed by atoms with Crippen molar-refractivity contribution in [3.63, 3.8) is 0 Å². The molecule has 1 aromatic heterocycles. The Kier molecular flexibility index (Phi) is 2.98. The van der Waals surface area contributed by atoms with Gasteiger partial charge in [0.25, 0.3) is 0 Å². The predicted octanol–water partition coefficient (Wildman–Crippen LogP) is 2.10. The Bertz CT molecular complexity index is 609. The van der Waals surface area contributed by atoms with Crippen molar-refractivity contribution >= 4 is 0 Å². The Hall–Kier alpha value is -1.88. The third-order valence-corrected chi connectivity index (χ3v) is 3.43. The summed E-state index contributed by atoms with van der Waals surface area (Å²) in [7, 11) is 1.59. The van der Waals surface area contributed by atoms with Gasteiger partial charge < -0.3 is 15.0 Å². The standard InChI is InChI=1S/C14H16FN3O/c1-8-17-11-5-6-16-13(14(11)18-8)10-7-9(15)3-4-12(10)19-2/h3-4,7,13,16H,5-6H2,1-2H3,(H,17,18). The minimum absolute atomic E-state index is 0.126. The average molecular weight is 261 g/mol. The lowest BCUT2D eigenvalue weighted by Gasteiger charge is -2.24. The maximum atomic E-state index is 13.5. The van der Waals surface area contributed by atoms with E-state index in [1.807, 2.05) is 6.92 Å². The molecule has 2 N–H and O–H groups in total. The van der Waals surface area contributed by atoms with Crippen molar-refractivity contribution in [3.05, 3.63) is 46.8 Å². The summed E-state index contributed by atoms with van der Waals surface area (Å²) in [5.41, 5.74) is 2.84. The molecule has 5 heteroatoms. The van der Waals surface area contributed by atoms with Crippen LogP contribution in [0.3, 0.4) is 0 Å². The van der Waals surface area contributed by atoms with Gasteiger partial charge in [0.1, 0.15) is 17.4 Å². The summed E-state index contributed by atoms with van der Waals surface area (Å²) in [6.45, 7) is 2.76. The molecule has 19 heavy (non-hydrogen) atoms. The number of aryl methyl sites for hydroxylation is 1. The molecular formula is C14H16FN3O. The normalized spacial score (nSPS) is 18.2. The highest BCUT2D eigenvalue weighted by atomic mass is 19.1. The number of halogens is 1. The Labute approximate surface area is 111 Å². The van der Waals surface area contributed by atoms with E-state index in [2.05, 4.69) is 15.3 Å². The van der Waals surface area contributed by atoms with Gasteiger partial charge in [0.05, 0.1) is 18.8 Å². The van der Waals surface area contributed by atoms with Gasteiger partial charge in [-0.05, 0) is 25.1 Å². The Morgan fingerprint density at radius 1 is 1.42 bits per heavy atom. The lowest BCUT2D eigenvalue weighted by atomic mass is 9.97. The van der Waals surface area contributed by atoms with Gasteiger partial charge in [0.15, 0.2) is 0 Å². The van der Waals surface area contributed by atoms with Crippen LogP contribution in [0.2, 0.25) is 0 Å². The molecule has 1 aliphatic rings. The van der Waals surface area contributed by atoms with Crippen molar-refractivity contribution < 1.29 is 9.13 Å². The second-order valence-electron chi connectivity index (χ2n) is 4.71. The number of hydrogen-bond donors (Lipinski definition) is 2. The van der Waals surface area contributed by atoms with E-state index in [1.54, 1.807) is 13.2 Å². The van der Waals surface area contributed by atoms with Crippen LogP contribution < -0.4 is 10.1 Å². The Morgan fingerprint density at radius 2 is 2.26 bits per heavy atom. The number of fused-ring (bicyclic) bond motifs is 1. The number of nitrogens with one attached hydrogen (secondary N) is 2. The maximum Gasteiger partial charge on any atom is 0.124 e. The van der Waals surface area contributed by atoms with Crippen molar-refractivity contribution in [2.45, 2.75) is 19.4 Å². The highest BCUT2D eigenvalue weighted by Gasteiger charge is 2.27. The lowest BCUT2D eigenvalue weighted by molar-refractivity contribution is 0.400. The molecule has 1 atom stereocenters. The number of nitrogens with zero attached hydrogens (tertiary/aromatic N) is 1. The Morgan fingerprint density at radius 3 is 3.05 bits per heavy atom. The molecule has 0 saturated heterocycles. The van der Waals surface area contributed by atoms with Crippen LogP contribution in [0.15, 0.2) is 18.2 Å². The summed E-state index contributed by atoms with van der Waals surface area (Å²) < 4.78 is 18.8. The van der Waals surface area contributed by atoms with Crippen LogP contribution in [0.1, 0.15) is 28.8 Å². The van der Waals surface area contributed by atoms with E-state index in [9.17, 15) is 4.39 Å². The van der Waals surface area contributed by atoms with E-state index < -0.39 is 0 Å². The number of methoxy groups -OCH3 is 1. The van der Waals surface area contributed by atoms with Gasteiger partial charge in [-0.3, -0.25) is 0 Å². The zero-order valence-electron chi connectivity index (χ0n) is 11.0. The molecular weight excluding hydrogens is 245 g/mol. The van der Waals surface area contributed by atoms with Gasteiger partial charge in [-0.1, -0.05) is 0 Å². The summed E-state index contributed by atoms with van der Waals surface area (Å²) in [4.78, 5) is 7.78. The van der Waals surface area contributed by atoms with Crippen molar-refractivity contribution in [3.8, 4) is 5.75 Å². The summed E-state index contributed by atoms with van der Waals surface area (Å²) in [5.74, 6) is 1.29. The largest absolute Gasteiger partial charge is 0.496 e. The third kappa shape index (κ3) is 2.10. The molecule has 0 saturated carbocycles. The second-order valence-corrected chi connectivity index (χ2v) is 4.71. The molecule has 0 fully saturated rings. The first-order chi connectivity index (χ1) is 9.19. The lowest BCUT2D eigenvalue weighted by Crippen LogP contribution is -2.31. The van der Waals surface area contributed by atoms with Gasteiger partial charge in [-0.2, -0.15) is 0 Å². The fourth-order valence-electron chi connectivity index (χ4n) is 2.61. The third-order valence-electron chi connectivity index (χ3n) is 3.43. The fraction of sp³-hybridized carbons (Fsp3) is 0.357. The van der Waals surface area contributed by atoms with Crippen LogP contribution in [0.25, 0.3) is 0 Å². The number of hydrogen-bond acceptors (Lipinski definition) is 3. The van der Waals surface area contributed by atoms with Crippen molar-refractivity contribution in [2.24, 2.45) is 0 Å². The van der Waals surface area contributed by atoms with Gasteiger partial charge >= 0.3 is 0 Å². The molecule has 0 amide bonds. The van der Waals surface area contributed by atoms with Crippen LogP contribution in [-0.2, 0) is 6.42 Å². The molecule has 1 unspecified atom stereocenters. The summed E-state index contributed by atoms with van der Waals surface area (Å²) in [6.07, 6.45) is 0.907. The van der Waals surface area contributed by atoms with Crippen molar-refractivity contribution in [1.29, 1.82) is 0 Å². The van der Waals surface area contributed by atoms with Crippen LogP contribution >= 0.6 is 0 Å². The maximum absolute atomic E-state index is 13.5. The SMILES string of the molecule is COc1ccc(F)cc1C1NCCc2[nH]c(C)nc21. The van der Waals surface area contributed by atoms with E-state index in [0.717, 1.165) is 35.7 Å². The summed E-state index contributed by atoms with van der Waals surface area (Å²) >= 11 is 0. The van der Waals surface area contributed by atoms with E-state index in [-0.39, 0.29) is 11.9 Å². The highest BCUT2D eigenvalue weighted by molar-refractivity contribution is 5.42. The number of aromatic nitrogens is 2. The minimum Gasteiger partial charge on any atom is -0.496 e. The van der Waals surface area contributed by atoms with Gasteiger partial charge in [-0.15, -0.1) is 0 Å². The number of aromatic amines is 1. The molecule has 0 radical (unpaired) electrons. The molecule has 2 heterocycles. The highest BCUT2D eigenvalue weighted by Crippen LogP contribution is 2.33. The van der Waals surface area contributed by atoms with Crippen LogP contribution in [0.4, 0.5) is 4.39 Å². The molecule has 2 aromatic rings. The minimum atomic E-state index is -0.267. The molecule has 3 rings (SSSR count). The van der Waals surface area contributed by atoms with Crippen LogP contribution in [0.5, 0.6) is 5.75 Å². The number of benzene rings is 1. The van der Waals surface area contributed by atoms with Gasteiger partial charge in [0, 0.05) is 24.2 Å². The first-order valence-corrected chi connectivity index (χ1v) is 6.31. The number of imidazole rings is 1. The van der Waals surface area contributed by atoms with Crippen molar-refractivity contribution in [2.75, 3.05) is 13.7 Å². The first-order valence-electron chi connectivity index (χ1n) is 6.31. The Balaban J connectivity index is 2.10. The second kappa shape index (κ2) is 4.66. The number of ether oxygens (including phenoxy) is 1. The van der Waals surface area contributed by atoms with Gasteiger partial charge in [0.2, 0.25) is 0 Å². The summed E-state index contributed by atoms with van der Waals surface area (Å²) in [6, 6.07) is 4.44. The number of H-pyrrole nitrogens is 1. The zero-order valence-corrected chi connectivity index (χ0v) is 11.0. The molecule has 0 spiro atoms. The molecule has 4 nitrogen and oxygen atoms in total. The van der Waals surface area contributed by atoms with Crippen molar-refractivity contribution in [1.82, 2.24) is 15.3 Å². The average Bonchev–Trinajstić information content (AvgIpc) is 2.78.